The monoisotopic (exact) mass is 409 g/mol. The van der Waals surface area contributed by atoms with Crippen LogP contribution in [0, 0.1) is 5.82 Å². The van der Waals surface area contributed by atoms with Crippen molar-refractivity contribution < 1.29 is 18.7 Å². The highest BCUT2D eigenvalue weighted by Gasteiger charge is 2.11. The van der Waals surface area contributed by atoms with E-state index in [9.17, 15) is 9.18 Å². The molecule has 1 fully saturated rings. The third-order valence-electron chi connectivity index (χ3n) is 4.39. The van der Waals surface area contributed by atoms with E-state index in [0.717, 1.165) is 32.8 Å². The van der Waals surface area contributed by atoms with Crippen LogP contribution in [0.3, 0.4) is 0 Å². The SMILES string of the molecule is CC(CNC(=NCC(=O)N(C)C)NCCN1CCOCC1)Oc1cccc(F)c1. The Morgan fingerprint density at radius 3 is 2.79 bits per heavy atom. The number of amides is 1. The van der Waals surface area contributed by atoms with Crippen LogP contribution >= 0.6 is 0 Å². The Kier molecular flexibility index (Phi) is 9.66. The summed E-state index contributed by atoms with van der Waals surface area (Å²) in [6.07, 6.45) is -0.215. The van der Waals surface area contributed by atoms with Gasteiger partial charge in [-0.15, -0.1) is 0 Å². The summed E-state index contributed by atoms with van der Waals surface area (Å²) in [6, 6.07) is 6.05. The van der Waals surface area contributed by atoms with Gasteiger partial charge >= 0.3 is 0 Å². The molecule has 0 spiro atoms. The number of ether oxygens (including phenoxy) is 2. The molecule has 9 heteroatoms. The number of guanidine groups is 1. The van der Waals surface area contributed by atoms with Crippen molar-refractivity contribution in [1.29, 1.82) is 0 Å². The predicted octanol–water partition coefficient (Wildman–Crippen LogP) is 0.549. The summed E-state index contributed by atoms with van der Waals surface area (Å²) < 4.78 is 24.4. The number of hydrogen-bond donors (Lipinski definition) is 2. The molecule has 8 nitrogen and oxygen atoms in total. The van der Waals surface area contributed by atoms with Gasteiger partial charge in [-0.2, -0.15) is 0 Å². The van der Waals surface area contributed by atoms with E-state index in [1.807, 2.05) is 6.92 Å². The third-order valence-corrected chi connectivity index (χ3v) is 4.39. The molecule has 1 aliphatic rings. The molecule has 1 amide bonds. The number of nitrogens with zero attached hydrogens (tertiary/aromatic N) is 3. The van der Waals surface area contributed by atoms with Gasteiger partial charge in [0.25, 0.3) is 0 Å². The van der Waals surface area contributed by atoms with Gasteiger partial charge in [0.05, 0.1) is 19.8 Å². The number of morpholine rings is 1. The standard InChI is InChI=1S/C20H32FN5O3/c1-16(29-18-6-4-5-17(21)13-18)14-23-20(24-15-19(27)25(2)3)22-7-8-26-9-11-28-12-10-26/h4-6,13,16H,7-12,14-15H2,1-3H3,(H2,22,23,24). The van der Waals surface area contributed by atoms with Gasteiger partial charge in [0.2, 0.25) is 5.91 Å². The first-order valence-corrected chi connectivity index (χ1v) is 9.88. The molecule has 1 unspecified atom stereocenters. The molecule has 0 aromatic heterocycles. The number of halogens is 1. The zero-order valence-electron chi connectivity index (χ0n) is 17.5. The van der Waals surface area contributed by atoms with Gasteiger partial charge in [-0.3, -0.25) is 9.69 Å². The quantitative estimate of drug-likeness (QED) is 0.458. The maximum Gasteiger partial charge on any atom is 0.243 e. The van der Waals surface area contributed by atoms with E-state index in [2.05, 4.69) is 20.5 Å². The summed E-state index contributed by atoms with van der Waals surface area (Å²) in [5.74, 6) is 0.601. The Balaban J connectivity index is 1.84. The lowest BCUT2D eigenvalue weighted by Gasteiger charge is -2.27. The van der Waals surface area contributed by atoms with E-state index in [-0.39, 0.29) is 24.4 Å². The predicted molar refractivity (Wildman–Crippen MR) is 111 cm³/mol. The Bertz CT molecular complexity index is 665. The van der Waals surface area contributed by atoms with E-state index >= 15 is 0 Å². The summed E-state index contributed by atoms with van der Waals surface area (Å²) in [6.45, 7) is 7.29. The van der Waals surface area contributed by atoms with E-state index in [4.69, 9.17) is 9.47 Å². The lowest BCUT2D eigenvalue weighted by molar-refractivity contribution is -0.127. The molecule has 1 aromatic carbocycles. The lowest BCUT2D eigenvalue weighted by atomic mass is 10.3. The summed E-state index contributed by atoms with van der Waals surface area (Å²) in [7, 11) is 3.40. The molecule has 1 atom stereocenters. The fraction of sp³-hybridized carbons (Fsp3) is 0.600. The summed E-state index contributed by atoms with van der Waals surface area (Å²) in [5.41, 5.74) is 0. The number of likely N-dealkylation sites (N-methyl/N-ethyl adjacent to an activating group) is 1. The molecule has 162 valence electrons. The molecule has 29 heavy (non-hydrogen) atoms. The van der Waals surface area contributed by atoms with E-state index in [1.54, 1.807) is 26.2 Å². The second-order valence-electron chi connectivity index (χ2n) is 7.10. The average Bonchev–Trinajstić information content (AvgIpc) is 2.70. The number of hydrogen-bond acceptors (Lipinski definition) is 5. The minimum Gasteiger partial charge on any atom is -0.489 e. The fourth-order valence-corrected chi connectivity index (χ4v) is 2.67. The molecule has 2 rings (SSSR count). The number of carbonyl (C=O) groups excluding carboxylic acids is 1. The van der Waals surface area contributed by atoms with Crippen LogP contribution in [0.5, 0.6) is 5.75 Å². The van der Waals surface area contributed by atoms with Crippen molar-refractivity contribution in [1.82, 2.24) is 20.4 Å². The Hall–Kier alpha value is -2.39. The van der Waals surface area contributed by atoms with E-state index < -0.39 is 0 Å². The molecule has 1 heterocycles. The van der Waals surface area contributed by atoms with Crippen molar-refractivity contribution in [2.24, 2.45) is 4.99 Å². The number of nitrogens with one attached hydrogen (secondary N) is 2. The van der Waals surface area contributed by atoms with Crippen LogP contribution in [0.2, 0.25) is 0 Å². The van der Waals surface area contributed by atoms with Crippen LogP contribution in [0.4, 0.5) is 4.39 Å². The highest BCUT2D eigenvalue weighted by molar-refractivity contribution is 5.84. The van der Waals surface area contributed by atoms with Crippen molar-refractivity contribution in [3.63, 3.8) is 0 Å². The van der Waals surface area contributed by atoms with Gasteiger partial charge < -0.3 is 25.0 Å². The molecule has 1 saturated heterocycles. The normalized spacial score (nSPS) is 16.2. The maximum absolute atomic E-state index is 13.3. The molecule has 2 N–H and O–H groups in total. The minimum atomic E-state index is -0.336. The lowest BCUT2D eigenvalue weighted by Crippen LogP contribution is -2.46. The van der Waals surface area contributed by atoms with Crippen LogP contribution in [0.15, 0.2) is 29.3 Å². The van der Waals surface area contributed by atoms with Crippen LogP contribution in [-0.4, -0.2) is 94.3 Å². The van der Waals surface area contributed by atoms with Crippen LogP contribution in [0.1, 0.15) is 6.92 Å². The van der Waals surface area contributed by atoms with Gasteiger partial charge in [-0.05, 0) is 19.1 Å². The first-order chi connectivity index (χ1) is 13.9. The molecule has 0 aliphatic carbocycles. The highest BCUT2D eigenvalue weighted by atomic mass is 19.1. The Labute approximate surface area is 172 Å². The number of benzene rings is 1. The van der Waals surface area contributed by atoms with Crippen molar-refractivity contribution >= 4 is 11.9 Å². The fourth-order valence-electron chi connectivity index (χ4n) is 2.67. The summed E-state index contributed by atoms with van der Waals surface area (Å²) in [5, 5.41) is 6.45. The first kappa shape index (κ1) is 22.9. The van der Waals surface area contributed by atoms with Crippen LogP contribution in [-0.2, 0) is 9.53 Å². The zero-order valence-corrected chi connectivity index (χ0v) is 17.5. The maximum atomic E-state index is 13.3. The van der Waals surface area contributed by atoms with Gasteiger partial charge in [-0.1, -0.05) is 6.07 Å². The zero-order chi connectivity index (χ0) is 21.1. The van der Waals surface area contributed by atoms with Crippen molar-refractivity contribution in [3.05, 3.63) is 30.1 Å². The molecule has 0 bridgehead atoms. The second kappa shape index (κ2) is 12.2. The summed E-state index contributed by atoms with van der Waals surface area (Å²) in [4.78, 5) is 20.0. The largest absolute Gasteiger partial charge is 0.489 e. The second-order valence-corrected chi connectivity index (χ2v) is 7.10. The molecular formula is C20H32FN5O3. The van der Waals surface area contributed by atoms with Crippen molar-refractivity contribution in [3.8, 4) is 5.75 Å². The molecule has 0 saturated carbocycles. The van der Waals surface area contributed by atoms with Gasteiger partial charge in [0.15, 0.2) is 5.96 Å². The minimum absolute atomic E-state index is 0.0546. The smallest absolute Gasteiger partial charge is 0.243 e. The van der Waals surface area contributed by atoms with Crippen molar-refractivity contribution in [2.45, 2.75) is 13.0 Å². The topological polar surface area (TPSA) is 78.4 Å². The Morgan fingerprint density at radius 2 is 2.10 bits per heavy atom. The van der Waals surface area contributed by atoms with Crippen LogP contribution in [0.25, 0.3) is 0 Å². The third kappa shape index (κ3) is 9.10. The van der Waals surface area contributed by atoms with E-state index in [1.165, 1.54) is 17.0 Å². The molecule has 1 aliphatic heterocycles. The van der Waals surface area contributed by atoms with Gasteiger partial charge in [0.1, 0.15) is 24.2 Å². The number of carbonyl (C=O) groups is 1. The Morgan fingerprint density at radius 1 is 1.34 bits per heavy atom. The summed E-state index contributed by atoms with van der Waals surface area (Å²) >= 11 is 0. The van der Waals surface area contributed by atoms with Crippen LogP contribution < -0.4 is 15.4 Å². The first-order valence-electron chi connectivity index (χ1n) is 9.88. The average molecular weight is 410 g/mol. The highest BCUT2D eigenvalue weighted by Crippen LogP contribution is 2.13. The van der Waals surface area contributed by atoms with Gasteiger partial charge in [-0.25, -0.2) is 9.38 Å². The van der Waals surface area contributed by atoms with E-state index in [0.29, 0.717) is 24.8 Å². The molecule has 1 aromatic rings. The number of rotatable bonds is 9. The molecule has 0 radical (unpaired) electrons. The van der Waals surface area contributed by atoms with Gasteiger partial charge in [0, 0.05) is 46.3 Å². The molecular weight excluding hydrogens is 377 g/mol. The van der Waals surface area contributed by atoms with Crippen molar-refractivity contribution in [2.75, 3.05) is 66.6 Å². The number of aliphatic imine (C=N–C) groups is 1.